The van der Waals surface area contributed by atoms with Gasteiger partial charge in [-0.15, -0.1) is 89.3 Å². The Hall–Kier alpha value is 8.33. The molecule has 0 amide bonds. The van der Waals surface area contributed by atoms with Crippen molar-refractivity contribution in [2.24, 2.45) is 34.5 Å². The summed E-state index contributed by atoms with van der Waals surface area (Å²) in [6, 6.07) is 14.7. The molecule has 7 aliphatic rings. The van der Waals surface area contributed by atoms with Gasteiger partial charge in [0.1, 0.15) is 17.3 Å². The van der Waals surface area contributed by atoms with Crippen molar-refractivity contribution in [3.63, 3.8) is 0 Å². The zero-order valence-electron chi connectivity index (χ0n) is 43.4. The molecule has 2 aromatic rings. The minimum absolute atomic E-state index is 0. The van der Waals surface area contributed by atoms with E-state index in [4.69, 9.17) is 28.4 Å². The molecular weight excluding hydrogens is 1650 g/mol. The van der Waals surface area contributed by atoms with Crippen LogP contribution in [0.5, 0.6) is 11.5 Å². The Labute approximate surface area is 595 Å². The van der Waals surface area contributed by atoms with Gasteiger partial charge in [-0.3, -0.25) is 24.0 Å². The molecule has 18 atom stereocenters. The van der Waals surface area contributed by atoms with Crippen molar-refractivity contribution < 1.29 is 201 Å². The molecule has 2 aromatic carbocycles. The average Bonchev–Trinajstić information content (AvgIpc) is 3.80. The normalized spacial score (nSPS) is 26.3. The number of hydrogen-bond donors (Lipinski definition) is 0. The molecule has 18 unspecified atom stereocenters. The summed E-state index contributed by atoms with van der Waals surface area (Å²) in [7, 11) is 31.2. The van der Waals surface area contributed by atoms with Crippen molar-refractivity contribution in [1.82, 2.24) is 0 Å². The van der Waals surface area contributed by atoms with E-state index in [-0.39, 0.29) is 259 Å². The van der Waals surface area contributed by atoms with E-state index in [1.54, 1.807) is 32.0 Å². The van der Waals surface area contributed by atoms with Crippen LogP contribution in [0.4, 0.5) is 0 Å². The third-order valence-corrected chi connectivity index (χ3v) is 123. The van der Waals surface area contributed by atoms with Crippen LogP contribution in [0.15, 0.2) is 48.5 Å². The first-order valence-corrected chi connectivity index (χ1v) is 55.3. The maximum atomic E-state index is 13.5. The quantitative estimate of drug-likeness (QED) is 0.0919. The van der Waals surface area contributed by atoms with Crippen molar-refractivity contribution in [1.29, 1.82) is 0 Å². The molecule has 3 heterocycles. The SMILES string of the molecule is CCOC(=O)C12C(=O)Oc3ccccc3C1CC(=O)C1CCCCC12.CCOC(=O)C12C(=O)Oc3ccccc3C1CC1(OCCO1)C1CCCCC12.PP(P)P(P(P)P)P(P(P)P)P(P(P)P)P(P)P.[V].[V].[V].[V].[V].[V].[V].[V]. The second kappa shape index (κ2) is 41.3. The fraction of sp³-hybridized carbons (Fsp3) is 0.595. The topological polar surface area (TPSA) is 141 Å². The van der Waals surface area contributed by atoms with Crippen molar-refractivity contribution in [2.75, 3.05) is 26.4 Å². The maximum absolute atomic E-state index is 13.5. The largest absolute Gasteiger partial charge is 0.465 e. The number of ether oxygens (including phenoxy) is 6. The second-order valence-electron chi connectivity index (χ2n) is 18.2. The maximum Gasteiger partial charge on any atom is 0.329 e. The van der Waals surface area contributed by atoms with Crippen LogP contribution in [0.3, 0.4) is 0 Å². The van der Waals surface area contributed by atoms with E-state index < -0.39 is 46.4 Å². The molecule has 0 N–H and O–H groups in total. The Balaban J connectivity index is 0. The Morgan fingerprint density at radius 1 is 0.519 bits per heavy atom. The summed E-state index contributed by atoms with van der Waals surface area (Å²) in [4.78, 5) is 66.0. The van der Waals surface area contributed by atoms with Crippen LogP contribution in [0.1, 0.15) is 101 Å². The zero-order chi connectivity index (χ0) is 51.6. The first kappa shape index (κ1) is 89.4. The Bertz CT molecular complexity index is 2260. The molecule has 11 nitrogen and oxygen atoms in total. The summed E-state index contributed by atoms with van der Waals surface area (Å²) < 4.78 is 34.6. The van der Waals surface area contributed by atoms with Gasteiger partial charge >= 0.3 is 23.9 Å². The summed E-state index contributed by atoms with van der Waals surface area (Å²) in [5.74, 6) is -3.22. The van der Waals surface area contributed by atoms with Gasteiger partial charge in [-0.25, -0.2) is 0 Å². The van der Waals surface area contributed by atoms with Crippen molar-refractivity contribution in [3.8, 4) is 11.5 Å². The number of rotatable bonds is 11. The first-order valence-electron chi connectivity index (χ1n) is 23.5. The molecule has 1 saturated heterocycles. The predicted octanol–water partition coefficient (Wildman–Crippen LogP) is 16.3. The molecule has 3 aliphatic heterocycles. The average molecular weight is 1710 g/mol. The van der Waals surface area contributed by atoms with Gasteiger partial charge in [-0.05, 0) is 125 Å². The fourth-order valence-electron chi connectivity index (χ4n) is 12.2. The summed E-state index contributed by atoms with van der Waals surface area (Å²) in [5.41, 5.74) is -1.07. The van der Waals surface area contributed by atoms with Crippen molar-refractivity contribution in [2.45, 2.75) is 95.7 Å². The van der Waals surface area contributed by atoms with Crippen molar-refractivity contribution >= 4 is 175 Å². The summed E-state index contributed by atoms with van der Waals surface area (Å²) in [6.07, 6.45) is 7.64. The zero-order valence-corrected chi connectivity index (χ0v) is 73.3. The van der Waals surface area contributed by atoms with Gasteiger partial charge in [0.25, 0.3) is 0 Å². The number of hydrogen-bond acceptors (Lipinski definition) is 11. The second-order valence-corrected chi connectivity index (χ2v) is 88.6. The van der Waals surface area contributed by atoms with E-state index >= 15 is 0 Å². The smallest absolute Gasteiger partial charge is 0.329 e. The fourth-order valence-corrected chi connectivity index (χ4v) is 221. The molecule has 8 radical (unpaired) electrons. The van der Waals surface area contributed by atoms with Gasteiger partial charge in [-0.1, -0.05) is 62.1 Å². The minimum atomic E-state index is -1.39. The Kier molecular flexibility index (Phi) is 46.8. The van der Waals surface area contributed by atoms with Crippen LogP contribution in [-0.4, -0.2) is 61.9 Å². The van der Waals surface area contributed by atoms with Crippen LogP contribution in [0.2, 0.25) is 0 Å². The van der Waals surface area contributed by atoms with Crippen LogP contribution >= 0.6 is 145 Å². The number of benzene rings is 2. The van der Waals surface area contributed by atoms with Gasteiger partial charge in [0.05, 0.1) is 26.4 Å². The number of fused-ring (bicyclic) bond motifs is 11. The number of ketones is 1. The Morgan fingerprint density at radius 2 is 0.886 bits per heavy atom. The van der Waals surface area contributed by atoms with Crippen LogP contribution < -0.4 is 9.47 Å². The van der Waals surface area contributed by atoms with E-state index in [1.807, 2.05) is 30.3 Å². The van der Waals surface area contributed by atoms with Crippen molar-refractivity contribution in [3.05, 3.63) is 59.7 Å². The van der Waals surface area contributed by atoms with Gasteiger partial charge in [-0.2, -0.15) is 0 Å². The number of Topliss-reactive ketones (excluding diaryl/α,β-unsaturated/α-hetero) is 1. The summed E-state index contributed by atoms with van der Waals surface area (Å²) in [6.45, 7) is 5.75. The molecule has 9 rings (SSSR count). The molecule has 0 aromatic heterocycles. The Morgan fingerprint density at radius 3 is 1.30 bits per heavy atom. The van der Waals surface area contributed by atoms with E-state index in [1.165, 1.54) is 0 Å². The molecule has 4 aliphatic carbocycles. The van der Waals surface area contributed by atoms with Crippen LogP contribution in [0.25, 0.3) is 0 Å². The standard InChI is InChI=1S/C22H26O6.C20H22O5.H20P18.8V/c1-2-25-19(23)22-16-9-5-4-8-15(16)21(26-11-12-27-21)13-17(22)14-7-3-6-10-18(14)28-20(22)24;1-2-24-18(22)20-14-9-5-3-7-12(14)16(21)11-15(20)13-8-4-6-10-17(13)25-19(20)23;1-11(2)16(12(3)4)18(15(9)10)17(13(5)6)14(7)8;;;;;;;;/h3,6-7,10,15-17H,2,4-5,8-9,11-13H2,1H3;4,6,8,10,12,14-15H,2-3,5,7,9,11H2,1H3;1-10H2;;;;;;;;. The molecule has 0 bridgehead atoms. The molecule has 37 heteroatoms. The molecule has 432 valence electrons. The number of carbonyl (C=O) groups is 5. The molecular formula is C42H68O11P18V8. The van der Waals surface area contributed by atoms with Gasteiger partial charge in [0.2, 0.25) is 0 Å². The number of para-hydroxylation sites is 2. The van der Waals surface area contributed by atoms with E-state index in [0.29, 0.717) is 37.6 Å². The summed E-state index contributed by atoms with van der Waals surface area (Å²) in [5, 5.41) is 0. The minimum Gasteiger partial charge on any atom is -0.465 e. The molecule has 5 fully saturated rings. The van der Waals surface area contributed by atoms with E-state index in [0.717, 1.165) is 56.1 Å². The molecule has 79 heavy (non-hydrogen) atoms. The third-order valence-electron chi connectivity index (χ3n) is 14.7. The first-order chi connectivity index (χ1) is 33.8. The van der Waals surface area contributed by atoms with Crippen LogP contribution in [-0.2, 0) is 191 Å². The molecule has 4 saturated carbocycles. The van der Waals surface area contributed by atoms with Crippen LogP contribution in [0, 0.1) is 34.5 Å². The third kappa shape index (κ3) is 19.3. The van der Waals surface area contributed by atoms with Gasteiger partial charge in [0.15, 0.2) is 16.6 Å². The van der Waals surface area contributed by atoms with E-state index in [9.17, 15) is 24.0 Å². The monoisotopic (exact) mass is 1710 g/mol. The number of esters is 4. The predicted molar refractivity (Wildman–Crippen MR) is 340 cm³/mol. The van der Waals surface area contributed by atoms with Gasteiger partial charge in [0, 0.05) is 191 Å². The van der Waals surface area contributed by atoms with E-state index in [2.05, 4.69) is 89.3 Å². The number of carbonyl (C=O) groups excluding carboxylic acids is 5. The van der Waals surface area contributed by atoms with Gasteiger partial charge < -0.3 is 28.4 Å². The molecule has 1 spiro atoms. The summed E-state index contributed by atoms with van der Waals surface area (Å²) >= 11 is 0.